The summed E-state index contributed by atoms with van der Waals surface area (Å²) in [4.78, 5) is 5.78. The number of nitrogens with two attached hydrogens (primary N) is 1. The molecule has 2 aromatic rings. The molecule has 4 nitrogen and oxygen atoms in total. The second-order valence-corrected chi connectivity index (χ2v) is 5.07. The van der Waals surface area contributed by atoms with Crippen LogP contribution in [0.3, 0.4) is 0 Å². The summed E-state index contributed by atoms with van der Waals surface area (Å²) in [6.45, 7) is 0. The van der Waals surface area contributed by atoms with Crippen molar-refractivity contribution in [3.63, 3.8) is 0 Å². The van der Waals surface area contributed by atoms with E-state index in [-0.39, 0.29) is 5.88 Å². The van der Waals surface area contributed by atoms with Crippen LogP contribution in [0.4, 0.5) is 15.8 Å². The molecule has 2 rings (SSSR count). The standard InChI is InChI=1S/C13H13BrFN3O/c1-18(2)9-3-4-11(16)12(6-9)19-13-10(15)5-8(14)7-17-13/h3-7H,16H2,1-2H3. The third-order valence-corrected chi connectivity index (χ3v) is 2.93. The maximum absolute atomic E-state index is 13.7. The minimum Gasteiger partial charge on any atom is -0.434 e. The number of hydrogen-bond donors (Lipinski definition) is 1. The second kappa shape index (κ2) is 5.44. The van der Waals surface area contributed by atoms with Crippen molar-refractivity contribution in [3.8, 4) is 11.6 Å². The Balaban J connectivity index is 2.34. The quantitative estimate of drug-likeness (QED) is 0.878. The number of anilines is 2. The van der Waals surface area contributed by atoms with Gasteiger partial charge in [-0.3, -0.25) is 0 Å². The fourth-order valence-electron chi connectivity index (χ4n) is 1.47. The van der Waals surface area contributed by atoms with E-state index >= 15 is 0 Å². The molecule has 0 aliphatic rings. The van der Waals surface area contributed by atoms with Crippen molar-refractivity contribution in [1.82, 2.24) is 4.98 Å². The summed E-state index contributed by atoms with van der Waals surface area (Å²) in [5.74, 6) is -0.283. The van der Waals surface area contributed by atoms with Gasteiger partial charge in [0.2, 0.25) is 0 Å². The van der Waals surface area contributed by atoms with Crippen LogP contribution < -0.4 is 15.4 Å². The molecule has 6 heteroatoms. The molecule has 2 N–H and O–H groups in total. The van der Waals surface area contributed by atoms with Crippen molar-refractivity contribution in [2.75, 3.05) is 24.7 Å². The molecule has 100 valence electrons. The van der Waals surface area contributed by atoms with Gasteiger partial charge in [-0.2, -0.15) is 0 Å². The lowest BCUT2D eigenvalue weighted by Crippen LogP contribution is -2.09. The van der Waals surface area contributed by atoms with Gasteiger partial charge >= 0.3 is 0 Å². The summed E-state index contributed by atoms with van der Waals surface area (Å²) in [7, 11) is 3.79. The fourth-order valence-corrected chi connectivity index (χ4v) is 1.77. The fraction of sp³-hybridized carbons (Fsp3) is 0.154. The van der Waals surface area contributed by atoms with Gasteiger partial charge in [0, 0.05) is 36.5 Å². The summed E-state index contributed by atoms with van der Waals surface area (Å²) < 4.78 is 19.6. The monoisotopic (exact) mass is 325 g/mol. The lowest BCUT2D eigenvalue weighted by molar-refractivity contribution is 0.424. The molecule has 0 unspecified atom stereocenters. The minimum absolute atomic E-state index is 0.106. The second-order valence-electron chi connectivity index (χ2n) is 4.16. The SMILES string of the molecule is CN(C)c1ccc(N)c(Oc2ncc(Br)cc2F)c1. The number of aromatic nitrogens is 1. The van der Waals surface area contributed by atoms with Crippen LogP contribution in [-0.2, 0) is 0 Å². The Hall–Kier alpha value is -1.82. The molecule has 1 aromatic heterocycles. The summed E-state index contributed by atoms with van der Waals surface area (Å²) in [6, 6.07) is 6.59. The van der Waals surface area contributed by atoms with Crippen LogP contribution in [0, 0.1) is 5.82 Å². The maximum Gasteiger partial charge on any atom is 0.256 e. The van der Waals surface area contributed by atoms with Crippen molar-refractivity contribution >= 4 is 27.3 Å². The first-order valence-corrected chi connectivity index (χ1v) is 6.32. The zero-order chi connectivity index (χ0) is 14.0. The minimum atomic E-state index is -0.552. The predicted octanol–water partition coefficient (Wildman–Crippen LogP) is 3.42. The predicted molar refractivity (Wildman–Crippen MR) is 77.2 cm³/mol. The first-order valence-electron chi connectivity index (χ1n) is 5.53. The molecule has 0 bridgehead atoms. The van der Waals surface area contributed by atoms with E-state index in [2.05, 4.69) is 20.9 Å². The average molecular weight is 326 g/mol. The number of nitrogens with zero attached hydrogens (tertiary/aromatic N) is 2. The van der Waals surface area contributed by atoms with Gasteiger partial charge in [0.25, 0.3) is 5.88 Å². The van der Waals surface area contributed by atoms with E-state index in [1.54, 1.807) is 12.1 Å². The largest absolute Gasteiger partial charge is 0.434 e. The molecule has 0 atom stereocenters. The summed E-state index contributed by atoms with van der Waals surface area (Å²) >= 11 is 3.14. The zero-order valence-electron chi connectivity index (χ0n) is 10.5. The molecule has 0 aliphatic carbocycles. The Bertz CT molecular complexity index is 604. The highest BCUT2D eigenvalue weighted by atomic mass is 79.9. The lowest BCUT2D eigenvalue weighted by atomic mass is 10.2. The number of ether oxygens (including phenoxy) is 1. The van der Waals surface area contributed by atoms with Crippen LogP contribution in [0.1, 0.15) is 0 Å². The van der Waals surface area contributed by atoms with E-state index in [0.717, 1.165) is 5.69 Å². The van der Waals surface area contributed by atoms with Crippen molar-refractivity contribution in [2.45, 2.75) is 0 Å². The molecule has 0 radical (unpaired) electrons. The Kier molecular flexibility index (Phi) is 3.90. The molecule has 0 spiro atoms. The van der Waals surface area contributed by atoms with Crippen LogP contribution >= 0.6 is 15.9 Å². The van der Waals surface area contributed by atoms with Gasteiger partial charge < -0.3 is 15.4 Å². The number of pyridine rings is 1. The van der Waals surface area contributed by atoms with Crippen LogP contribution in [0.25, 0.3) is 0 Å². The third-order valence-electron chi connectivity index (χ3n) is 2.49. The van der Waals surface area contributed by atoms with Gasteiger partial charge in [-0.05, 0) is 34.1 Å². The first kappa shape index (κ1) is 13.6. The first-order chi connectivity index (χ1) is 8.97. The molecule has 1 aromatic carbocycles. The smallest absolute Gasteiger partial charge is 0.256 e. The van der Waals surface area contributed by atoms with E-state index < -0.39 is 5.82 Å². The van der Waals surface area contributed by atoms with Gasteiger partial charge in [-0.1, -0.05) is 0 Å². The Labute approximate surface area is 119 Å². The van der Waals surface area contributed by atoms with E-state index in [1.807, 2.05) is 25.1 Å². The summed E-state index contributed by atoms with van der Waals surface area (Å²) in [5.41, 5.74) is 7.14. The Morgan fingerprint density at radius 3 is 2.68 bits per heavy atom. The molecule has 0 amide bonds. The van der Waals surface area contributed by atoms with Crippen molar-refractivity contribution in [1.29, 1.82) is 0 Å². The molecule has 0 aliphatic heterocycles. The van der Waals surface area contributed by atoms with Crippen molar-refractivity contribution in [3.05, 3.63) is 40.8 Å². The summed E-state index contributed by atoms with van der Waals surface area (Å²) in [5, 5.41) is 0. The molecule has 19 heavy (non-hydrogen) atoms. The molecule has 0 fully saturated rings. The average Bonchev–Trinajstić information content (AvgIpc) is 2.34. The molecule has 0 saturated carbocycles. The molecule has 0 saturated heterocycles. The molecular formula is C13H13BrFN3O. The van der Waals surface area contributed by atoms with Crippen LogP contribution in [0.15, 0.2) is 34.9 Å². The highest BCUT2D eigenvalue weighted by molar-refractivity contribution is 9.10. The number of rotatable bonds is 3. The number of nitrogen functional groups attached to an aromatic ring is 1. The van der Waals surface area contributed by atoms with Gasteiger partial charge in [0.1, 0.15) is 0 Å². The van der Waals surface area contributed by atoms with Gasteiger partial charge in [0.15, 0.2) is 11.6 Å². The molecular weight excluding hydrogens is 313 g/mol. The van der Waals surface area contributed by atoms with E-state index in [4.69, 9.17) is 10.5 Å². The Morgan fingerprint density at radius 1 is 1.32 bits per heavy atom. The number of benzene rings is 1. The highest BCUT2D eigenvalue weighted by Crippen LogP contribution is 2.31. The van der Waals surface area contributed by atoms with Crippen molar-refractivity contribution in [2.24, 2.45) is 0 Å². The third kappa shape index (κ3) is 3.14. The van der Waals surface area contributed by atoms with Gasteiger partial charge in [-0.15, -0.1) is 0 Å². The van der Waals surface area contributed by atoms with Crippen molar-refractivity contribution < 1.29 is 9.13 Å². The topological polar surface area (TPSA) is 51.4 Å². The Morgan fingerprint density at radius 2 is 2.05 bits per heavy atom. The zero-order valence-corrected chi connectivity index (χ0v) is 12.1. The highest BCUT2D eigenvalue weighted by Gasteiger charge is 2.10. The van der Waals surface area contributed by atoms with E-state index in [1.165, 1.54) is 12.3 Å². The summed E-state index contributed by atoms with van der Waals surface area (Å²) in [6.07, 6.45) is 1.46. The van der Waals surface area contributed by atoms with Gasteiger partial charge in [-0.25, -0.2) is 9.37 Å². The van der Waals surface area contributed by atoms with Crippen LogP contribution in [0.5, 0.6) is 11.6 Å². The lowest BCUT2D eigenvalue weighted by Gasteiger charge is -2.15. The normalized spacial score (nSPS) is 10.3. The maximum atomic E-state index is 13.7. The van der Waals surface area contributed by atoms with Gasteiger partial charge in [0.05, 0.1) is 5.69 Å². The van der Waals surface area contributed by atoms with Crippen LogP contribution in [-0.4, -0.2) is 19.1 Å². The van der Waals surface area contributed by atoms with Crippen LogP contribution in [0.2, 0.25) is 0 Å². The molecule has 1 heterocycles. The number of halogens is 2. The number of hydrogen-bond acceptors (Lipinski definition) is 4. The van der Waals surface area contributed by atoms with E-state index in [0.29, 0.717) is 15.9 Å². The van der Waals surface area contributed by atoms with E-state index in [9.17, 15) is 4.39 Å².